The zero-order valence-electron chi connectivity index (χ0n) is 21.4. The van der Waals surface area contributed by atoms with Crippen molar-refractivity contribution in [1.82, 2.24) is 14.5 Å². The molecule has 198 valence electrons. The molecule has 0 bridgehead atoms. The van der Waals surface area contributed by atoms with Crippen LogP contribution in [0, 0.1) is 11.8 Å². The summed E-state index contributed by atoms with van der Waals surface area (Å²) < 4.78 is 27.7. The van der Waals surface area contributed by atoms with Crippen LogP contribution in [0.1, 0.15) is 45.6 Å². The Morgan fingerprint density at radius 1 is 1.03 bits per heavy atom. The average molecular weight is 527 g/mol. The molecular formula is C27H34N4O5S. The van der Waals surface area contributed by atoms with Crippen molar-refractivity contribution in [2.75, 3.05) is 25.0 Å². The van der Waals surface area contributed by atoms with Crippen LogP contribution in [-0.4, -0.2) is 55.1 Å². The molecule has 2 N–H and O–H groups in total. The predicted octanol–water partition coefficient (Wildman–Crippen LogP) is 3.54. The first-order valence-corrected chi connectivity index (χ1v) is 14.1. The van der Waals surface area contributed by atoms with E-state index >= 15 is 0 Å². The van der Waals surface area contributed by atoms with E-state index in [1.165, 1.54) is 28.6 Å². The third kappa shape index (κ3) is 5.40. The molecule has 10 heteroatoms. The fraction of sp³-hybridized carbons (Fsp3) is 0.444. The summed E-state index contributed by atoms with van der Waals surface area (Å²) in [6, 6.07) is 14.3. The molecule has 2 aromatic carbocycles. The minimum atomic E-state index is -3.64. The smallest absolute Gasteiger partial charge is 0.325 e. The summed E-state index contributed by atoms with van der Waals surface area (Å²) >= 11 is 0. The average Bonchev–Trinajstić information content (AvgIpc) is 3.09. The molecule has 0 radical (unpaired) electrons. The number of amides is 4. The molecule has 2 aromatic rings. The number of benzene rings is 2. The van der Waals surface area contributed by atoms with Crippen LogP contribution in [0.4, 0.5) is 10.5 Å². The molecule has 0 aliphatic carbocycles. The van der Waals surface area contributed by atoms with E-state index in [4.69, 9.17) is 0 Å². The van der Waals surface area contributed by atoms with Gasteiger partial charge in [0.15, 0.2) is 0 Å². The van der Waals surface area contributed by atoms with Gasteiger partial charge in [-0.25, -0.2) is 13.2 Å². The maximum absolute atomic E-state index is 13.4. The van der Waals surface area contributed by atoms with Gasteiger partial charge in [-0.15, -0.1) is 0 Å². The number of nitrogens with one attached hydrogen (secondary N) is 2. The molecule has 4 amide bonds. The molecule has 2 aliphatic heterocycles. The van der Waals surface area contributed by atoms with Gasteiger partial charge in [-0.1, -0.05) is 57.5 Å². The molecule has 0 spiro atoms. The van der Waals surface area contributed by atoms with Gasteiger partial charge in [-0.3, -0.25) is 14.5 Å². The Bertz CT molecular complexity index is 1260. The van der Waals surface area contributed by atoms with E-state index in [9.17, 15) is 22.8 Å². The van der Waals surface area contributed by atoms with Gasteiger partial charge in [0.2, 0.25) is 15.9 Å². The molecule has 0 saturated carbocycles. The van der Waals surface area contributed by atoms with Crippen LogP contribution in [-0.2, 0) is 25.2 Å². The second kappa shape index (κ2) is 10.6. The summed E-state index contributed by atoms with van der Waals surface area (Å²) in [4.78, 5) is 39.9. The number of carbonyl (C=O) groups excluding carboxylic acids is 3. The molecular weight excluding hydrogens is 492 g/mol. The van der Waals surface area contributed by atoms with E-state index < -0.39 is 40.0 Å². The molecule has 4 rings (SSSR count). The normalized spacial score (nSPS) is 24.7. The quantitative estimate of drug-likeness (QED) is 0.511. The van der Waals surface area contributed by atoms with E-state index in [1.54, 1.807) is 24.3 Å². The molecule has 0 aromatic heterocycles. The van der Waals surface area contributed by atoms with Crippen LogP contribution >= 0.6 is 0 Å². The number of sulfonamides is 1. The number of carbonyl (C=O) groups is 3. The van der Waals surface area contributed by atoms with E-state index in [1.807, 2.05) is 26.8 Å². The van der Waals surface area contributed by atoms with E-state index in [0.717, 1.165) is 11.3 Å². The van der Waals surface area contributed by atoms with Gasteiger partial charge in [-0.2, -0.15) is 4.31 Å². The van der Waals surface area contributed by atoms with Crippen LogP contribution in [0.5, 0.6) is 0 Å². The van der Waals surface area contributed by atoms with Crippen LogP contribution < -0.4 is 10.6 Å². The van der Waals surface area contributed by atoms with Crippen molar-refractivity contribution in [3.05, 3.63) is 60.2 Å². The lowest BCUT2D eigenvalue weighted by atomic mass is 9.85. The van der Waals surface area contributed by atoms with E-state index in [0.29, 0.717) is 49.0 Å². The minimum Gasteiger partial charge on any atom is -0.325 e. The number of nitrogens with zero attached hydrogens (tertiary/aromatic N) is 2. The van der Waals surface area contributed by atoms with Gasteiger partial charge in [0.25, 0.3) is 5.91 Å². The summed E-state index contributed by atoms with van der Waals surface area (Å²) in [5.74, 6) is -0.439. The first-order valence-electron chi connectivity index (χ1n) is 12.7. The van der Waals surface area contributed by atoms with Crippen molar-refractivity contribution in [3.8, 4) is 0 Å². The third-order valence-electron chi connectivity index (χ3n) is 6.98. The first kappa shape index (κ1) is 26.8. The summed E-state index contributed by atoms with van der Waals surface area (Å²) in [5, 5.41) is 5.46. The highest BCUT2D eigenvalue weighted by Crippen LogP contribution is 2.33. The summed E-state index contributed by atoms with van der Waals surface area (Å²) in [6.45, 7) is 6.55. The lowest BCUT2D eigenvalue weighted by molar-refractivity contribution is -0.134. The molecule has 37 heavy (non-hydrogen) atoms. The lowest BCUT2D eigenvalue weighted by Gasteiger charge is -2.34. The van der Waals surface area contributed by atoms with E-state index in [2.05, 4.69) is 10.6 Å². The largest absolute Gasteiger partial charge is 0.325 e. The zero-order chi connectivity index (χ0) is 26.8. The highest BCUT2D eigenvalue weighted by molar-refractivity contribution is 7.89. The first-order chi connectivity index (χ1) is 17.6. The van der Waals surface area contributed by atoms with Gasteiger partial charge >= 0.3 is 6.03 Å². The second-order valence-electron chi connectivity index (χ2n) is 10.2. The fourth-order valence-corrected chi connectivity index (χ4v) is 7.06. The monoisotopic (exact) mass is 526 g/mol. The van der Waals surface area contributed by atoms with Crippen LogP contribution in [0.3, 0.4) is 0 Å². The van der Waals surface area contributed by atoms with Crippen molar-refractivity contribution < 1.29 is 22.8 Å². The van der Waals surface area contributed by atoms with Crippen LogP contribution in [0.15, 0.2) is 59.5 Å². The maximum Gasteiger partial charge on any atom is 0.325 e. The summed E-state index contributed by atoms with van der Waals surface area (Å²) in [7, 11) is -3.64. The van der Waals surface area contributed by atoms with Gasteiger partial charge < -0.3 is 10.6 Å². The summed E-state index contributed by atoms with van der Waals surface area (Å²) in [5.41, 5.74) is -0.154. The number of piperidine rings is 1. The molecule has 9 nitrogen and oxygen atoms in total. The number of hydrogen-bond donors (Lipinski definition) is 2. The predicted molar refractivity (Wildman–Crippen MR) is 140 cm³/mol. The number of hydrogen-bond acceptors (Lipinski definition) is 5. The Balaban J connectivity index is 1.44. The molecule has 2 fully saturated rings. The van der Waals surface area contributed by atoms with Gasteiger partial charge in [-0.05, 0) is 54.5 Å². The SMILES string of the molecule is CCC[C@@]1(c2ccccc2)NC(=O)N(CC(=O)Nc2ccc(S(=O)(=O)N3C[C@H](C)C[C@H](C)C3)cc2)C1=O. The zero-order valence-corrected chi connectivity index (χ0v) is 22.3. The number of rotatable bonds is 8. The van der Waals surface area contributed by atoms with E-state index in [-0.39, 0.29) is 4.90 Å². The van der Waals surface area contributed by atoms with Gasteiger partial charge in [0.05, 0.1) is 4.90 Å². The summed E-state index contributed by atoms with van der Waals surface area (Å²) in [6.07, 6.45) is 2.06. The number of urea groups is 1. The Morgan fingerprint density at radius 3 is 2.24 bits per heavy atom. The second-order valence-corrected chi connectivity index (χ2v) is 12.1. The molecule has 2 aliphatic rings. The Kier molecular flexibility index (Phi) is 7.70. The number of anilines is 1. The fourth-order valence-electron chi connectivity index (χ4n) is 5.38. The third-order valence-corrected chi connectivity index (χ3v) is 8.83. The van der Waals surface area contributed by atoms with Crippen molar-refractivity contribution in [1.29, 1.82) is 0 Å². The molecule has 2 saturated heterocycles. The van der Waals surface area contributed by atoms with Crippen molar-refractivity contribution in [2.24, 2.45) is 11.8 Å². The minimum absolute atomic E-state index is 0.160. The Hall–Kier alpha value is -3.24. The van der Waals surface area contributed by atoms with Crippen LogP contribution in [0.25, 0.3) is 0 Å². The standard InChI is InChI=1S/C27H34N4O5S/c1-4-14-27(21-8-6-5-7-9-21)25(33)31(26(34)29-27)18-24(32)28-22-10-12-23(13-11-22)37(35,36)30-16-19(2)15-20(3)17-30/h5-13,19-20H,4,14-18H2,1-3H3,(H,28,32)(H,29,34)/t19-,20+,27-/m0/s1. The van der Waals surface area contributed by atoms with Crippen molar-refractivity contribution in [2.45, 2.75) is 50.5 Å². The molecule has 0 unspecified atom stereocenters. The van der Waals surface area contributed by atoms with Gasteiger partial charge in [0, 0.05) is 18.8 Å². The topological polar surface area (TPSA) is 116 Å². The highest BCUT2D eigenvalue weighted by Gasteiger charge is 2.52. The molecule has 3 atom stereocenters. The van der Waals surface area contributed by atoms with Crippen LogP contribution in [0.2, 0.25) is 0 Å². The van der Waals surface area contributed by atoms with Gasteiger partial charge in [0.1, 0.15) is 12.1 Å². The van der Waals surface area contributed by atoms with Crippen molar-refractivity contribution in [3.63, 3.8) is 0 Å². The highest BCUT2D eigenvalue weighted by atomic mass is 32.2. The number of imide groups is 1. The molecule has 2 heterocycles. The maximum atomic E-state index is 13.4. The lowest BCUT2D eigenvalue weighted by Crippen LogP contribution is -2.44. The Labute approximate surface area is 218 Å². The Morgan fingerprint density at radius 2 is 1.65 bits per heavy atom. The van der Waals surface area contributed by atoms with Crippen molar-refractivity contribution >= 4 is 33.6 Å².